The molecule has 0 aromatic heterocycles. The average Bonchev–Trinajstić information content (AvgIpc) is 2.51. The van der Waals surface area contributed by atoms with E-state index in [1.54, 1.807) is 12.1 Å². The molecule has 0 bridgehead atoms. The van der Waals surface area contributed by atoms with E-state index < -0.39 is 0 Å². The van der Waals surface area contributed by atoms with Gasteiger partial charge in [-0.05, 0) is 42.5 Å². The molecule has 0 heterocycles. The van der Waals surface area contributed by atoms with E-state index in [1.165, 1.54) is 11.1 Å². The highest BCUT2D eigenvalue weighted by atomic mass is 35.5. The molecule has 1 N–H and O–H groups in total. The molecule has 4 heteroatoms. The van der Waals surface area contributed by atoms with Crippen LogP contribution in [0.5, 0.6) is 0 Å². The van der Waals surface area contributed by atoms with Crippen LogP contribution in [0, 0.1) is 0 Å². The molecule has 1 nitrogen and oxygen atoms in total. The molecule has 21 heavy (non-hydrogen) atoms. The van der Waals surface area contributed by atoms with Crippen molar-refractivity contribution in [2.24, 2.45) is 0 Å². The van der Waals surface area contributed by atoms with Crippen LogP contribution in [0.4, 0.5) is 0 Å². The van der Waals surface area contributed by atoms with Crippen molar-refractivity contribution in [2.75, 3.05) is 0 Å². The summed E-state index contributed by atoms with van der Waals surface area (Å²) in [6.07, 6.45) is 3.30. The summed E-state index contributed by atoms with van der Waals surface area (Å²) in [6, 6.07) is 12.6. The Bertz CT molecular complexity index is 654. The van der Waals surface area contributed by atoms with Crippen LogP contribution in [0.3, 0.4) is 0 Å². The summed E-state index contributed by atoms with van der Waals surface area (Å²) >= 11 is 18.5. The maximum Gasteiger partial charge on any atom is 0.0652 e. The van der Waals surface area contributed by atoms with Crippen molar-refractivity contribution in [3.63, 3.8) is 0 Å². The molecule has 1 atom stereocenters. The van der Waals surface area contributed by atoms with Gasteiger partial charge in [-0.3, -0.25) is 0 Å². The highest BCUT2D eigenvalue weighted by Crippen LogP contribution is 2.31. The lowest BCUT2D eigenvalue weighted by molar-refractivity contribution is 0.458. The van der Waals surface area contributed by atoms with Crippen molar-refractivity contribution in [3.05, 3.63) is 68.2 Å². The quantitative estimate of drug-likeness (QED) is 0.748. The lowest BCUT2D eigenvalue weighted by atomic mass is 9.88. The second-order valence-corrected chi connectivity index (χ2v) is 6.60. The maximum absolute atomic E-state index is 6.24. The zero-order chi connectivity index (χ0) is 14.8. The van der Waals surface area contributed by atoms with Crippen LogP contribution in [0.2, 0.25) is 15.1 Å². The smallest absolute Gasteiger partial charge is 0.0652 e. The Kier molecular flexibility index (Phi) is 4.75. The summed E-state index contributed by atoms with van der Waals surface area (Å²) in [7, 11) is 0. The SMILES string of the molecule is Clc1ccc(Cl)c(CNC2CCc3ccccc3C2)c1Cl. The Labute approximate surface area is 140 Å². The van der Waals surface area contributed by atoms with E-state index in [-0.39, 0.29) is 0 Å². The molecule has 3 rings (SSSR count). The first-order valence-electron chi connectivity index (χ1n) is 7.07. The lowest BCUT2D eigenvalue weighted by Crippen LogP contribution is -2.34. The van der Waals surface area contributed by atoms with Crippen molar-refractivity contribution in [2.45, 2.75) is 31.8 Å². The average molecular weight is 341 g/mol. The predicted octanol–water partition coefficient (Wildman–Crippen LogP) is 5.29. The van der Waals surface area contributed by atoms with Crippen molar-refractivity contribution in [1.82, 2.24) is 5.32 Å². The first-order chi connectivity index (χ1) is 10.1. The third kappa shape index (κ3) is 3.37. The zero-order valence-electron chi connectivity index (χ0n) is 11.5. The fraction of sp³-hybridized carbons (Fsp3) is 0.294. The summed E-state index contributed by atoms with van der Waals surface area (Å²) in [4.78, 5) is 0. The van der Waals surface area contributed by atoms with Gasteiger partial charge in [-0.25, -0.2) is 0 Å². The molecule has 0 aliphatic heterocycles. The second-order valence-electron chi connectivity index (χ2n) is 5.41. The molecule has 0 radical (unpaired) electrons. The molecular formula is C17H16Cl3N. The summed E-state index contributed by atoms with van der Waals surface area (Å²) < 4.78 is 0. The Morgan fingerprint density at radius 3 is 2.48 bits per heavy atom. The third-order valence-electron chi connectivity index (χ3n) is 4.05. The number of hydrogen-bond acceptors (Lipinski definition) is 1. The molecule has 110 valence electrons. The van der Waals surface area contributed by atoms with E-state index in [0.717, 1.165) is 24.8 Å². The molecule has 1 aliphatic rings. The number of rotatable bonds is 3. The normalized spacial score (nSPS) is 17.6. The summed E-state index contributed by atoms with van der Waals surface area (Å²) in [5, 5.41) is 5.32. The van der Waals surface area contributed by atoms with Gasteiger partial charge in [0.2, 0.25) is 0 Å². The first kappa shape index (κ1) is 15.2. The van der Waals surface area contributed by atoms with Crippen molar-refractivity contribution in [1.29, 1.82) is 0 Å². The fourth-order valence-corrected chi connectivity index (χ4v) is 3.53. The van der Waals surface area contributed by atoms with Gasteiger partial charge in [0.15, 0.2) is 0 Å². The zero-order valence-corrected chi connectivity index (χ0v) is 13.8. The number of halogens is 3. The molecule has 0 spiro atoms. The van der Waals surface area contributed by atoms with E-state index in [1.807, 2.05) is 0 Å². The maximum atomic E-state index is 6.24. The van der Waals surface area contributed by atoms with E-state index >= 15 is 0 Å². The standard InChI is InChI=1S/C17H16Cl3N/c18-15-7-8-16(19)17(20)14(15)10-21-13-6-5-11-3-1-2-4-12(11)9-13/h1-4,7-8,13,21H,5-6,9-10H2. The molecule has 0 saturated heterocycles. The van der Waals surface area contributed by atoms with Crippen molar-refractivity contribution in [3.8, 4) is 0 Å². The first-order valence-corrected chi connectivity index (χ1v) is 8.21. The number of nitrogens with one attached hydrogen (secondary N) is 1. The summed E-state index contributed by atoms with van der Waals surface area (Å²) in [6.45, 7) is 0.644. The van der Waals surface area contributed by atoms with Gasteiger partial charge in [0.1, 0.15) is 0 Å². The van der Waals surface area contributed by atoms with Gasteiger partial charge in [0.25, 0.3) is 0 Å². The monoisotopic (exact) mass is 339 g/mol. The van der Waals surface area contributed by atoms with Gasteiger partial charge in [0.05, 0.1) is 10.0 Å². The largest absolute Gasteiger partial charge is 0.309 e. The van der Waals surface area contributed by atoms with E-state index in [2.05, 4.69) is 29.6 Å². The summed E-state index contributed by atoms with van der Waals surface area (Å²) in [5.41, 5.74) is 3.78. The lowest BCUT2D eigenvalue weighted by Gasteiger charge is -2.26. The molecule has 2 aromatic rings. The molecule has 0 saturated carbocycles. The van der Waals surface area contributed by atoms with Gasteiger partial charge in [-0.1, -0.05) is 59.1 Å². The topological polar surface area (TPSA) is 12.0 Å². The van der Waals surface area contributed by atoms with Crippen molar-refractivity contribution < 1.29 is 0 Å². The van der Waals surface area contributed by atoms with E-state index in [4.69, 9.17) is 34.8 Å². The second kappa shape index (κ2) is 6.58. The molecule has 0 amide bonds. The van der Waals surface area contributed by atoms with Gasteiger partial charge in [-0.15, -0.1) is 0 Å². The Balaban J connectivity index is 1.69. The van der Waals surface area contributed by atoms with Crippen LogP contribution >= 0.6 is 34.8 Å². The Morgan fingerprint density at radius 1 is 0.952 bits per heavy atom. The van der Waals surface area contributed by atoms with E-state index in [0.29, 0.717) is 27.7 Å². The van der Waals surface area contributed by atoms with Crippen LogP contribution in [0.15, 0.2) is 36.4 Å². The van der Waals surface area contributed by atoms with Gasteiger partial charge in [0, 0.05) is 23.2 Å². The summed E-state index contributed by atoms with van der Waals surface area (Å²) in [5.74, 6) is 0. The minimum Gasteiger partial charge on any atom is -0.309 e. The van der Waals surface area contributed by atoms with Crippen LogP contribution in [0.1, 0.15) is 23.1 Å². The molecule has 2 aromatic carbocycles. The van der Waals surface area contributed by atoms with E-state index in [9.17, 15) is 0 Å². The van der Waals surface area contributed by atoms with Gasteiger partial charge >= 0.3 is 0 Å². The van der Waals surface area contributed by atoms with Crippen LogP contribution in [-0.2, 0) is 19.4 Å². The van der Waals surface area contributed by atoms with Crippen LogP contribution in [0.25, 0.3) is 0 Å². The molecule has 1 unspecified atom stereocenters. The number of hydrogen-bond donors (Lipinski definition) is 1. The Morgan fingerprint density at radius 2 is 1.67 bits per heavy atom. The van der Waals surface area contributed by atoms with Crippen molar-refractivity contribution >= 4 is 34.8 Å². The van der Waals surface area contributed by atoms with Crippen LogP contribution in [-0.4, -0.2) is 6.04 Å². The molecule has 0 fully saturated rings. The Hall–Kier alpha value is -0.730. The number of aryl methyl sites for hydroxylation is 1. The number of fused-ring (bicyclic) bond motifs is 1. The highest BCUT2D eigenvalue weighted by Gasteiger charge is 2.18. The molecule has 1 aliphatic carbocycles. The minimum absolute atomic E-state index is 0.450. The van der Waals surface area contributed by atoms with Gasteiger partial charge < -0.3 is 5.32 Å². The fourth-order valence-electron chi connectivity index (χ4n) is 2.85. The molecular weight excluding hydrogens is 325 g/mol. The predicted molar refractivity (Wildman–Crippen MR) is 90.6 cm³/mol. The minimum atomic E-state index is 0.450. The van der Waals surface area contributed by atoms with Crippen LogP contribution < -0.4 is 5.32 Å². The third-order valence-corrected chi connectivity index (χ3v) is 5.25. The van der Waals surface area contributed by atoms with Gasteiger partial charge in [-0.2, -0.15) is 0 Å². The number of benzene rings is 2. The highest BCUT2D eigenvalue weighted by molar-refractivity contribution is 6.44.